The van der Waals surface area contributed by atoms with Crippen LogP contribution in [0.2, 0.25) is 0 Å². The largest absolute Gasteiger partial charge is 0.439 e. The van der Waals surface area contributed by atoms with E-state index < -0.39 is 0 Å². The number of thiophene rings is 1. The molecule has 0 saturated heterocycles. The van der Waals surface area contributed by atoms with Gasteiger partial charge in [0.1, 0.15) is 10.4 Å². The zero-order valence-corrected chi connectivity index (χ0v) is 30.4. The summed E-state index contributed by atoms with van der Waals surface area (Å²) in [6.45, 7) is 0. The van der Waals surface area contributed by atoms with Gasteiger partial charge in [-0.25, -0.2) is 0 Å². The molecule has 4 heterocycles. The number of fused-ring (bicyclic) bond motifs is 11. The Kier molecular flexibility index (Phi) is 6.47. The normalized spacial score (nSPS) is 12.0. The highest BCUT2D eigenvalue weighted by Gasteiger charge is 2.29. The monoisotopic (exact) mass is 721 g/mol. The lowest BCUT2D eigenvalue weighted by molar-refractivity contribution is 0.652. The van der Waals surface area contributed by atoms with E-state index in [0.717, 1.165) is 56.2 Å². The molecule has 8 aromatic carbocycles. The molecular formula is C50H31N3OS. The molecule has 0 saturated carbocycles. The van der Waals surface area contributed by atoms with E-state index in [1.165, 1.54) is 47.4 Å². The molecular weight excluding hydrogens is 691 g/mol. The van der Waals surface area contributed by atoms with Gasteiger partial charge in [0.05, 0.1) is 16.6 Å². The van der Waals surface area contributed by atoms with Gasteiger partial charge in [0.15, 0.2) is 0 Å². The highest BCUT2D eigenvalue weighted by atomic mass is 32.1. The van der Waals surface area contributed by atoms with Crippen molar-refractivity contribution in [2.24, 2.45) is 0 Å². The number of hydrogen-bond acceptors (Lipinski definition) is 4. The van der Waals surface area contributed by atoms with E-state index in [4.69, 9.17) is 4.42 Å². The van der Waals surface area contributed by atoms with Crippen LogP contribution >= 0.6 is 11.3 Å². The van der Waals surface area contributed by atoms with Crippen LogP contribution in [0, 0.1) is 0 Å². The summed E-state index contributed by atoms with van der Waals surface area (Å²) < 4.78 is 10.5. The second kappa shape index (κ2) is 11.7. The molecule has 0 bridgehead atoms. The summed E-state index contributed by atoms with van der Waals surface area (Å²) in [5.41, 5.74) is 9.73. The SMILES string of the molecule is c1ccc(N(c2ccccc2)c2ccc3cc4c(cc3c2)sc2c4c3ccc(N(c4ccccc4)c4ccccc4)c4c5c6ccccc6oc5n2c34)cc1. The van der Waals surface area contributed by atoms with Crippen molar-refractivity contribution in [2.45, 2.75) is 0 Å². The number of benzene rings is 8. The smallest absolute Gasteiger partial charge is 0.214 e. The Bertz CT molecular complexity index is 3290. The average molecular weight is 722 g/mol. The zero-order valence-electron chi connectivity index (χ0n) is 29.6. The van der Waals surface area contributed by atoms with Crippen LogP contribution in [0.4, 0.5) is 34.1 Å². The predicted octanol–water partition coefficient (Wildman–Crippen LogP) is 14.9. The Morgan fingerprint density at radius 2 is 1.02 bits per heavy atom. The van der Waals surface area contributed by atoms with Crippen LogP contribution in [0.1, 0.15) is 0 Å². The molecule has 0 aliphatic heterocycles. The fraction of sp³-hybridized carbons (Fsp3) is 0. The van der Waals surface area contributed by atoms with Crippen molar-refractivity contribution in [1.82, 2.24) is 4.40 Å². The Balaban J connectivity index is 1.13. The fourth-order valence-electron chi connectivity index (χ4n) is 8.73. The fourth-order valence-corrected chi connectivity index (χ4v) is 9.98. The molecule has 0 atom stereocenters. The van der Waals surface area contributed by atoms with Crippen LogP contribution in [-0.4, -0.2) is 4.40 Å². The van der Waals surface area contributed by atoms with Crippen LogP contribution in [0.25, 0.3) is 69.4 Å². The molecule has 0 N–H and O–H groups in total. The van der Waals surface area contributed by atoms with E-state index in [2.05, 4.69) is 202 Å². The van der Waals surface area contributed by atoms with Gasteiger partial charge < -0.3 is 14.2 Å². The second-order valence-corrected chi connectivity index (χ2v) is 15.2. The molecule has 12 rings (SSSR count). The molecule has 0 spiro atoms. The van der Waals surface area contributed by atoms with E-state index >= 15 is 0 Å². The molecule has 0 aliphatic carbocycles. The summed E-state index contributed by atoms with van der Waals surface area (Å²) in [4.78, 5) is 5.92. The number of nitrogens with zero attached hydrogens (tertiary/aromatic N) is 3. The Morgan fingerprint density at radius 1 is 0.418 bits per heavy atom. The minimum Gasteiger partial charge on any atom is -0.439 e. The lowest BCUT2D eigenvalue weighted by Gasteiger charge is -2.26. The highest BCUT2D eigenvalue weighted by molar-refractivity contribution is 7.26. The predicted molar refractivity (Wildman–Crippen MR) is 233 cm³/mol. The zero-order chi connectivity index (χ0) is 36.0. The lowest BCUT2D eigenvalue weighted by Crippen LogP contribution is -2.10. The number of para-hydroxylation sites is 5. The number of furan rings is 1. The summed E-state index contributed by atoms with van der Waals surface area (Å²) in [5.74, 6) is 0. The molecule has 0 fully saturated rings. The van der Waals surface area contributed by atoms with Gasteiger partial charge in [0, 0.05) is 60.1 Å². The van der Waals surface area contributed by atoms with E-state index in [1.54, 1.807) is 0 Å². The first-order valence-electron chi connectivity index (χ1n) is 18.6. The number of rotatable bonds is 6. The quantitative estimate of drug-likeness (QED) is 0.171. The minimum atomic E-state index is 0.893. The Morgan fingerprint density at radius 3 is 1.67 bits per heavy atom. The van der Waals surface area contributed by atoms with Crippen LogP contribution in [0.5, 0.6) is 0 Å². The summed E-state index contributed by atoms with van der Waals surface area (Å²) >= 11 is 1.85. The third-order valence-corrected chi connectivity index (χ3v) is 12.2. The van der Waals surface area contributed by atoms with Crippen molar-refractivity contribution in [1.29, 1.82) is 0 Å². The van der Waals surface area contributed by atoms with Gasteiger partial charge in [-0.1, -0.05) is 103 Å². The van der Waals surface area contributed by atoms with E-state index in [0.29, 0.717) is 0 Å². The molecule has 55 heavy (non-hydrogen) atoms. The van der Waals surface area contributed by atoms with Crippen LogP contribution < -0.4 is 9.80 Å². The summed E-state index contributed by atoms with van der Waals surface area (Å²) in [7, 11) is 0. The van der Waals surface area contributed by atoms with Crippen molar-refractivity contribution in [3.8, 4) is 0 Å². The molecule has 0 radical (unpaired) electrons. The van der Waals surface area contributed by atoms with E-state index in [9.17, 15) is 0 Å². The summed E-state index contributed by atoms with van der Waals surface area (Å²) in [5, 5.41) is 9.71. The molecule has 0 unspecified atom stereocenters. The third-order valence-electron chi connectivity index (χ3n) is 11.1. The van der Waals surface area contributed by atoms with Crippen molar-refractivity contribution in [3.05, 3.63) is 188 Å². The maximum atomic E-state index is 6.84. The summed E-state index contributed by atoms with van der Waals surface area (Å²) in [6, 6.07) is 67.3. The molecule has 4 aromatic heterocycles. The third kappa shape index (κ3) is 4.45. The Labute approximate surface area is 320 Å². The first-order valence-corrected chi connectivity index (χ1v) is 19.4. The maximum Gasteiger partial charge on any atom is 0.214 e. The number of hydrogen-bond donors (Lipinski definition) is 0. The van der Waals surface area contributed by atoms with Crippen LogP contribution in [-0.2, 0) is 0 Å². The van der Waals surface area contributed by atoms with Gasteiger partial charge in [0.25, 0.3) is 0 Å². The Hall–Kier alpha value is -7.08. The number of anilines is 6. The first-order chi connectivity index (χ1) is 27.3. The van der Waals surface area contributed by atoms with Crippen molar-refractivity contribution in [3.63, 3.8) is 0 Å². The molecule has 12 aromatic rings. The van der Waals surface area contributed by atoms with Crippen molar-refractivity contribution < 1.29 is 4.42 Å². The van der Waals surface area contributed by atoms with E-state index in [1.807, 2.05) is 11.3 Å². The van der Waals surface area contributed by atoms with Gasteiger partial charge in [-0.05, 0) is 95.7 Å². The second-order valence-electron chi connectivity index (χ2n) is 14.1. The van der Waals surface area contributed by atoms with Gasteiger partial charge in [-0.15, -0.1) is 11.3 Å². The number of aromatic nitrogens is 1. The topological polar surface area (TPSA) is 24.0 Å². The standard InChI is InChI=1S/C50H31N3OS/c1-5-15-34(16-6-1)51(35-17-7-2-8-18-35)38-26-25-32-30-41-44(31-33(32)29-38)55-50-45(41)40-27-28-42(52(36-19-9-3-10-20-36)37-21-11-4-12-22-37)47-46-39-23-13-14-24-43(39)54-49(46)53(50)48(40)47/h1-31H. The van der Waals surface area contributed by atoms with Crippen LogP contribution in [0.3, 0.4) is 0 Å². The molecule has 4 nitrogen and oxygen atoms in total. The van der Waals surface area contributed by atoms with Crippen LogP contribution in [0.15, 0.2) is 192 Å². The molecule has 258 valence electrons. The van der Waals surface area contributed by atoms with Gasteiger partial charge in [-0.3, -0.25) is 4.40 Å². The lowest BCUT2D eigenvalue weighted by atomic mass is 10.0. The van der Waals surface area contributed by atoms with E-state index in [-0.39, 0.29) is 0 Å². The molecule has 5 heteroatoms. The maximum absolute atomic E-state index is 6.84. The van der Waals surface area contributed by atoms with Crippen molar-refractivity contribution in [2.75, 3.05) is 9.80 Å². The minimum absolute atomic E-state index is 0.893. The first kappa shape index (κ1) is 30.4. The van der Waals surface area contributed by atoms with Crippen molar-refractivity contribution >= 4 is 115 Å². The van der Waals surface area contributed by atoms with Gasteiger partial charge in [-0.2, -0.15) is 0 Å². The molecule has 0 aliphatic rings. The molecule has 0 amide bonds. The average Bonchev–Trinajstić information content (AvgIpc) is 3.98. The summed E-state index contributed by atoms with van der Waals surface area (Å²) in [6.07, 6.45) is 0. The van der Waals surface area contributed by atoms with Gasteiger partial charge >= 0.3 is 0 Å². The highest BCUT2D eigenvalue weighted by Crippen LogP contribution is 2.52. The van der Waals surface area contributed by atoms with Gasteiger partial charge in [0.2, 0.25) is 5.71 Å².